The van der Waals surface area contributed by atoms with Crippen LogP contribution >= 0.6 is 0 Å². The number of aryl methyl sites for hydroxylation is 1. The van der Waals surface area contributed by atoms with Crippen molar-refractivity contribution < 1.29 is 9.66 Å². The number of rotatable bonds is 9. The van der Waals surface area contributed by atoms with Gasteiger partial charge in [0.25, 0.3) is 0 Å². The van der Waals surface area contributed by atoms with Gasteiger partial charge in [0.2, 0.25) is 11.6 Å². The number of benzene rings is 1. The van der Waals surface area contributed by atoms with Gasteiger partial charge in [-0.2, -0.15) is 10.5 Å². The minimum Gasteiger partial charge on any atom is -0.495 e. The van der Waals surface area contributed by atoms with E-state index in [4.69, 9.17) is 15.3 Å². The molecule has 0 aliphatic rings. The molecule has 0 bridgehead atoms. The number of nitrogens with one attached hydrogen (secondary N) is 1. The zero-order valence-electron chi connectivity index (χ0n) is 15.5. The number of nitrogens with zero attached hydrogens (tertiary/aromatic N) is 6. The summed E-state index contributed by atoms with van der Waals surface area (Å²) in [4.78, 5) is 20.9. The Balaban J connectivity index is 2.51. The van der Waals surface area contributed by atoms with Gasteiger partial charge in [0, 0.05) is 13.1 Å². The number of hydrogen-bond donors (Lipinski definition) is 1. The second kappa shape index (κ2) is 9.69. The standard InChI is InChI=1S/C18H19N7O3/c1-13-5-6-15(28-2)14(11-13)23-17-16(25(26)27)18(22-12-21-17)24(9-3-7-19)10-4-8-20/h5-6,11-12H,3-4,9-10H2,1-2H3,(H,21,22,23). The first-order chi connectivity index (χ1) is 13.5. The van der Waals surface area contributed by atoms with E-state index in [1.807, 2.05) is 25.1 Å². The number of anilines is 3. The lowest BCUT2D eigenvalue weighted by atomic mass is 10.2. The Morgan fingerprint density at radius 1 is 1.25 bits per heavy atom. The van der Waals surface area contributed by atoms with Crippen molar-refractivity contribution in [2.45, 2.75) is 19.8 Å². The predicted molar refractivity (Wildman–Crippen MR) is 102 cm³/mol. The number of aromatic nitrogens is 2. The van der Waals surface area contributed by atoms with Crippen molar-refractivity contribution in [1.29, 1.82) is 10.5 Å². The summed E-state index contributed by atoms with van der Waals surface area (Å²) in [5.74, 6) is 0.559. The summed E-state index contributed by atoms with van der Waals surface area (Å²) in [5, 5.41) is 32.5. The van der Waals surface area contributed by atoms with Crippen LogP contribution in [-0.2, 0) is 0 Å². The fourth-order valence-corrected chi connectivity index (χ4v) is 2.60. The van der Waals surface area contributed by atoms with Crippen LogP contribution in [-0.4, -0.2) is 35.1 Å². The molecule has 1 N–H and O–H groups in total. The number of nitro groups is 1. The van der Waals surface area contributed by atoms with E-state index in [0.717, 1.165) is 5.56 Å². The summed E-state index contributed by atoms with van der Waals surface area (Å²) in [6.45, 7) is 2.31. The van der Waals surface area contributed by atoms with Crippen molar-refractivity contribution in [2.75, 3.05) is 30.4 Å². The number of methoxy groups -OCH3 is 1. The lowest BCUT2D eigenvalue weighted by Crippen LogP contribution is -2.27. The fourth-order valence-electron chi connectivity index (χ4n) is 2.60. The lowest BCUT2D eigenvalue weighted by Gasteiger charge is -2.21. The third-order valence-electron chi connectivity index (χ3n) is 3.88. The third kappa shape index (κ3) is 4.83. The van der Waals surface area contributed by atoms with Crippen LogP contribution in [0.4, 0.5) is 23.0 Å². The van der Waals surface area contributed by atoms with Gasteiger partial charge in [-0.15, -0.1) is 0 Å². The van der Waals surface area contributed by atoms with Gasteiger partial charge in [-0.25, -0.2) is 9.97 Å². The van der Waals surface area contributed by atoms with Gasteiger partial charge in [0.15, 0.2) is 0 Å². The molecule has 0 aliphatic heterocycles. The molecule has 2 rings (SSSR count). The zero-order chi connectivity index (χ0) is 20.5. The smallest absolute Gasteiger partial charge is 0.353 e. The van der Waals surface area contributed by atoms with Crippen molar-refractivity contribution in [2.24, 2.45) is 0 Å². The molecule has 0 unspecified atom stereocenters. The van der Waals surface area contributed by atoms with Gasteiger partial charge in [-0.05, 0) is 24.6 Å². The topological polar surface area (TPSA) is 141 Å². The highest BCUT2D eigenvalue weighted by atomic mass is 16.6. The molecule has 0 atom stereocenters. The van der Waals surface area contributed by atoms with E-state index >= 15 is 0 Å². The molecule has 144 valence electrons. The Morgan fingerprint density at radius 3 is 2.50 bits per heavy atom. The van der Waals surface area contributed by atoms with Crippen LogP contribution in [0.25, 0.3) is 0 Å². The van der Waals surface area contributed by atoms with Crippen molar-refractivity contribution in [3.8, 4) is 17.9 Å². The highest BCUT2D eigenvalue weighted by Crippen LogP contribution is 2.36. The molecular formula is C18H19N7O3. The summed E-state index contributed by atoms with van der Waals surface area (Å²) in [5.41, 5.74) is 1.13. The van der Waals surface area contributed by atoms with Gasteiger partial charge in [0.05, 0.1) is 42.7 Å². The van der Waals surface area contributed by atoms with Crippen molar-refractivity contribution in [3.63, 3.8) is 0 Å². The van der Waals surface area contributed by atoms with E-state index in [2.05, 4.69) is 15.3 Å². The van der Waals surface area contributed by atoms with Crippen LogP contribution in [0.3, 0.4) is 0 Å². The molecule has 10 nitrogen and oxygen atoms in total. The van der Waals surface area contributed by atoms with Crippen molar-refractivity contribution in [1.82, 2.24) is 9.97 Å². The predicted octanol–water partition coefficient (Wildman–Crippen LogP) is 3.08. The molecule has 0 saturated carbocycles. The molecule has 0 radical (unpaired) electrons. The first-order valence-electron chi connectivity index (χ1n) is 8.41. The van der Waals surface area contributed by atoms with Crippen molar-refractivity contribution in [3.05, 3.63) is 40.2 Å². The maximum atomic E-state index is 11.8. The van der Waals surface area contributed by atoms with Gasteiger partial charge in [-0.3, -0.25) is 10.1 Å². The summed E-state index contributed by atoms with van der Waals surface area (Å²) in [6, 6.07) is 9.39. The first kappa shape index (κ1) is 20.4. The SMILES string of the molecule is COc1ccc(C)cc1Nc1ncnc(N(CCC#N)CCC#N)c1[N+](=O)[O-]. The Hall–Kier alpha value is -3.92. The molecule has 2 aromatic rings. The molecule has 0 amide bonds. The molecule has 1 aromatic heterocycles. The van der Waals surface area contributed by atoms with Crippen LogP contribution in [0.1, 0.15) is 18.4 Å². The highest BCUT2D eigenvalue weighted by molar-refractivity contribution is 5.76. The van der Waals surface area contributed by atoms with Crippen LogP contribution in [0.2, 0.25) is 0 Å². The van der Waals surface area contributed by atoms with E-state index in [-0.39, 0.29) is 43.3 Å². The quantitative estimate of drug-likeness (QED) is 0.512. The number of nitriles is 2. The average molecular weight is 381 g/mol. The Labute approximate surface area is 162 Å². The largest absolute Gasteiger partial charge is 0.495 e. The second-order valence-electron chi connectivity index (χ2n) is 5.78. The lowest BCUT2D eigenvalue weighted by molar-refractivity contribution is -0.383. The summed E-state index contributed by atoms with van der Waals surface area (Å²) >= 11 is 0. The van der Waals surface area contributed by atoms with Gasteiger partial charge in [-0.1, -0.05) is 6.07 Å². The van der Waals surface area contributed by atoms with Gasteiger partial charge < -0.3 is 15.0 Å². The molecule has 0 aliphatic carbocycles. The Morgan fingerprint density at radius 2 is 1.93 bits per heavy atom. The van der Waals surface area contributed by atoms with Crippen LogP contribution in [0.5, 0.6) is 5.75 Å². The summed E-state index contributed by atoms with van der Waals surface area (Å²) in [7, 11) is 1.50. The van der Waals surface area contributed by atoms with Gasteiger partial charge >= 0.3 is 5.69 Å². The first-order valence-corrected chi connectivity index (χ1v) is 8.41. The molecule has 0 fully saturated rings. The molecule has 0 saturated heterocycles. The number of ether oxygens (including phenoxy) is 1. The zero-order valence-corrected chi connectivity index (χ0v) is 15.5. The number of hydrogen-bond acceptors (Lipinski definition) is 9. The molecule has 28 heavy (non-hydrogen) atoms. The monoisotopic (exact) mass is 381 g/mol. The summed E-state index contributed by atoms with van der Waals surface area (Å²) < 4.78 is 5.30. The molecule has 10 heteroatoms. The van der Waals surface area contributed by atoms with Gasteiger partial charge in [0.1, 0.15) is 12.1 Å². The maximum absolute atomic E-state index is 11.8. The van der Waals surface area contributed by atoms with E-state index in [9.17, 15) is 10.1 Å². The minimum absolute atomic E-state index is 0.00202. The summed E-state index contributed by atoms with van der Waals surface area (Å²) in [6.07, 6.45) is 1.49. The third-order valence-corrected chi connectivity index (χ3v) is 3.88. The highest BCUT2D eigenvalue weighted by Gasteiger charge is 2.27. The molecule has 1 heterocycles. The van der Waals surface area contributed by atoms with E-state index < -0.39 is 4.92 Å². The maximum Gasteiger partial charge on any atom is 0.353 e. The van der Waals surface area contributed by atoms with E-state index in [1.165, 1.54) is 13.4 Å². The van der Waals surface area contributed by atoms with E-state index in [0.29, 0.717) is 11.4 Å². The normalized spacial score (nSPS) is 9.86. The molecular weight excluding hydrogens is 362 g/mol. The van der Waals surface area contributed by atoms with Crippen LogP contribution < -0.4 is 15.0 Å². The fraction of sp³-hybridized carbons (Fsp3) is 0.333. The average Bonchev–Trinajstić information content (AvgIpc) is 2.68. The Kier molecular flexibility index (Phi) is 7.06. The van der Waals surface area contributed by atoms with Crippen molar-refractivity contribution >= 4 is 23.0 Å². The van der Waals surface area contributed by atoms with E-state index in [1.54, 1.807) is 17.0 Å². The van der Waals surface area contributed by atoms with Crippen LogP contribution in [0.15, 0.2) is 24.5 Å². The second-order valence-corrected chi connectivity index (χ2v) is 5.78. The minimum atomic E-state index is -0.578. The molecule has 0 spiro atoms. The molecule has 1 aromatic carbocycles. The van der Waals surface area contributed by atoms with Crippen LogP contribution in [0, 0.1) is 39.7 Å². The Bertz CT molecular complexity index is 916.